The molecular formula is C12H19N3O3S. The molecule has 7 heteroatoms. The Morgan fingerprint density at radius 2 is 1.95 bits per heavy atom. The molecule has 0 saturated heterocycles. The monoisotopic (exact) mass is 285 g/mol. The predicted octanol–water partition coefficient (Wildman–Crippen LogP) is 0.627. The van der Waals surface area contributed by atoms with Gasteiger partial charge < -0.3 is 11.1 Å². The molecule has 0 spiro atoms. The number of nitrogens with one attached hydrogen (secondary N) is 1. The molecule has 6 nitrogen and oxygen atoms in total. The summed E-state index contributed by atoms with van der Waals surface area (Å²) in [5, 5.41) is 7.75. The summed E-state index contributed by atoms with van der Waals surface area (Å²) in [4.78, 5) is 11.7. The molecule has 0 aliphatic rings. The van der Waals surface area contributed by atoms with Crippen LogP contribution < -0.4 is 16.2 Å². The third kappa shape index (κ3) is 4.30. The number of amides is 1. The third-order valence-corrected chi connectivity index (χ3v) is 3.64. The van der Waals surface area contributed by atoms with E-state index in [0.717, 1.165) is 11.1 Å². The van der Waals surface area contributed by atoms with E-state index < -0.39 is 10.0 Å². The molecule has 0 fully saturated rings. The van der Waals surface area contributed by atoms with Crippen LogP contribution >= 0.6 is 0 Å². The van der Waals surface area contributed by atoms with Crippen LogP contribution in [-0.2, 0) is 14.8 Å². The number of aryl methyl sites for hydroxylation is 1. The van der Waals surface area contributed by atoms with Crippen LogP contribution in [0.15, 0.2) is 17.0 Å². The van der Waals surface area contributed by atoms with Crippen molar-refractivity contribution in [3.05, 3.63) is 23.3 Å². The molecule has 1 aromatic carbocycles. The van der Waals surface area contributed by atoms with E-state index in [0.29, 0.717) is 5.69 Å². The topological polar surface area (TPSA) is 115 Å². The number of primary sulfonamides is 1. The molecule has 1 unspecified atom stereocenters. The van der Waals surface area contributed by atoms with Gasteiger partial charge in [-0.25, -0.2) is 13.6 Å². The molecule has 0 aliphatic heterocycles. The van der Waals surface area contributed by atoms with Crippen LogP contribution in [0.1, 0.15) is 24.5 Å². The van der Waals surface area contributed by atoms with Gasteiger partial charge in [-0.3, -0.25) is 4.79 Å². The Hall–Kier alpha value is -1.44. The van der Waals surface area contributed by atoms with Gasteiger partial charge in [0, 0.05) is 18.2 Å². The van der Waals surface area contributed by atoms with Gasteiger partial charge >= 0.3 is 0 Å². The fraction of sp³-hybridized carbons (Fsp3) is 0.417. The number of sulfonamides is 1. The summed E-state index contributed by atoms with van der Waals surface area (Å²) in [5.41, 5.74) is 7.51. The lowest BCUT2D eigenvalue weighted by Gasteiger charge is -2.13. The highest BCUT2D eigenvalue weighted by Gasteiger charge is 2.14. The molecule has 0 heterocycles. The Morgan fingerprint density at radius 1 is 1.37 bits per heavy atom. The average Bonchev–Trinajstić information content (AvgIpc) is 2.21. The molecule has 0 bridgehead atoms. The van der Waals surface area contributed by atoms with E-state index in [9.17, 15) is 13.2 Å². The normalized spacial score (nSPS) is 13.1. The van der Waals surface area contributed by atoms with E-state index in [1.165, 1.54) is 12.1 Å². The molecule has 5 N–H and O–H groups in total. The van der Waals surface area contributed by atoms with Crippen molar-refractivity contribution in [1.82, 2.24) is 0 Å². The second-order valence-electron chi connectivity index (χ2n) is 4.69. The first-order valence-electron chi connectivity index (χ1n) is 5.80. The maximum Gasteiger partial charge on any atom is 0.238 e. The molecule has 0 aromatic heterocycles. The predicted molar refractivity (Wildman–Crippen MR) is 74.2 cm³/mol. The summed E-state index contributed by atoms with van der Waals surface area (Å²) in [6.45, 7) is 5.27. The molecule has 106 valence electrons. The lowest BCUT2D eigenvalue weighted by atomic mass is 10.1. The zero-order valence-electron chi connectivity index (χ0n) is 11.2. The SMILES string of the molecule is Cc1cc(S(N)(=O)=O)cc(NC(=O)CC(C)N)c1C. The maximum atomic E-state index is 11.7. The maximum absolute atomic E-state index is 11.7. The van der Waals surface area contributed by atoms with Gasteiger partial charge in [-0.05, 0) is 44.0 Å². The molecule has 1 amide bonds. The quantitative estimate of drug-likeness (QED) is 0.752. The molecule has 0 aliphatic carbocycles. The van der Waals surface area contributed by atoms with Crippen LogP contribution in [0.5, 0.6) is 0 Å². The number of hydrogen-bond acceptors (Lipinski definition) is 4. The first-order valence-corrected chi connectivity index (χ1v) is 7.35. The number of carbonyl (C=O) groups is 1. The van der Waals surface area contributed by atoms with E-state index in [-0.39, 0.29) is 23.3 Å². The number of nitrogens with two attached hydrogens (primary N) is 2. The van der Waals surface area contributed by atoms with Crippen molar-refractivity contribution in [2.24, 2.45) is 10.9 Å². The van der Waals surface area contributed by atoms with E-state index in [4.69, 9.17) is 10.9 Å². The average molecular weight is 285 g/mol. The molecule has 0 saturated carbocycles. The van der Waals surface area contributed by atoms with Gasteiger partial charge in [0.15, 0.2) is 0 Å². The van der Waals surface area contributed by atoms with Crippen molar-refractivity contribution < 1.29 is 13.2 Å². The third-order valence-electron chi connectivity index (χ3n) is 2.75. The van der Waals surface area contributed by atoms with Crippen molar-refractivity contribution in [1.29, 1.82) is 0 Å². The number of carbonyl (C=O) groups excluding carboxylic acids is 1. The minimum atomic E-state index is -3.80. The molecular weight excluding hydrogens is 266 g/mol. The summed E-state index contributed by atoms with van der Waals surface area (Å²) in [7, 11) is -3.80. The number of hydrogen-bond donors (Lipinski definition) is 3. The number of anilines is 1. The summed E-state index contributed by atoms with van der Waals surface area (Å²) >= 11 is 0. The number of rotatable bonds is 4. The summed E-state index contributed by atoms with van der Waals surface area (Å²) in [5.74, 6) is -0.260. The first kappa shape index (κ1) is 15.6. The molecule has 0 radical (unpaired) electrons. The lowest BCUT2D eigenvalue weighted by Crippen LogP contribution is -2.24. The largest absolute Gasteiger partial charge is 0.327 e. The van der Waals surface area contributed by atoms with Gasteiger partial charge in [-0.1, -0.05) is 0 Å². The van der Waals surface area contributed by atoms with Crippen LogP contribution in [0, 0.1) is 13.8 Å². The second-order valence-corrected chi connectivity index (χ2v) is 6.25. The van der Waals surface area contributed by atoms with Crippen LogP contribution in [0.3, 0.4) is 0 Å². The van der Waals surface area contributed by atoms with Gasteiger partial charge in [0.1, 0.15) is 0 Å². The van der Waals surface area contributed by atoms with E-state index in [2.05, 4.69) is 5.32 Å². The Morgan fingerprint density at radius 3 is 2.42 bits per heavy atom. The van der Waals surface area contributed by atoms with E-state index >= 15 is 0 Å². The van der Waals surface area contributed by atoms with E-state index in [1.807, 2.05) is 0 Å². The molecule has 19 heavy (non-hydrogen) atoms. The minimum absolute atomic E-state index is 0.0216. The lowest BCUT2D eigenvalue weighted by molar-refractivity contribution is -0.116. The Balaban J connectivity index is 3.14. The smallest absolute Gasteiger partial charge is 0.238 e. The van der Waals surface area contributed by atoms with Gasteiger partial charge in [0.25, 0.3) is 0 Å². The van der Waals surface area contributed by atoms with Crippen molar-refractivity contribution >= 4 is 21.6 Å². The van der Waals surface area contributed by atoms with Crippen molar-refractivity contribution in [2.75, 3.05) is 5.32 Å². The second kappa shape index (κ2) is 5.68. The summed E-state index contributed by atoms with van der Waals surface area (Å²) in [6.07, 6.45) is 0.165. The van der Waals surface area contributed by atoms with Crippen LogP contribution in [-0.4, -0.2) is 20.4 Å². The highest BCUT2D eigenvalue weighted by atomic mass is 32.2. The van der Waals surface area contributed by atoms with Gasteiger partial charge in [-0.2, -0.15) is 0 Å². The fourth-order valence-electron chi connectivity index (χ4n) is 1.61. The van der Waals surface area contributed by atoms with Crippen LogP contribution in [0.4, 0.5) is 5.69 Å². The Kier molecular flexibility index (Phi) is 4.67. The van der Waals surface area contributed by atoms with Crippen molar-refractivity contribution in [3.63, 3.8) is 0 Å². The number of benzene rings is 1. The van der Waals surface area contributed by atoms with Gasteiger partial charge in [0.05, 0.1) is 4.90 Å². The molecule has 1 aromatic rings. The zero-order chi connectivity index (χ0) is 14.8. The zero-order valence-corrected chi connectivity index (χ0v) is 12.0. The Labute approximate surface area is 113 Å². The fourth-order valence-corrected chi connectivity index (χ4v) is 2.24. The van der Waals surface area contributed by atoms with Gasteiger partial charge in [-0.15, -0.1) is 0 Å². The van der Waals surface area contributed by atoms with Crippen LogP contribution in [0.2, 0.25) is 0 Å². The van der Waals surface area contributed by atoms with Crippen molar-refractivity contribution in [2.45, 2.75) is 38.1 Å². The molecule has 1 rings (SSSR count). The van der Waals surface area contributed by atoms with Crippen LogP contribution in [0.25, 0.3) is 0 Å². The van der Waals surface area contributed by atoms with Gasteiger partial charge in [0.2, 0.25) is 15.9 Å². The minimum Gasteiger partial charge on any atom is -0.327 e. The highest BCUT2D eigenvalue weighted by molar-refractivity contribution is 7.89. The Bertz CT molecular complexity index is 594. The van der Waals surface area contributed by atoms with Crippen molar-refractivity contribution in [3.8, 4) is 0 Å². The van der Waals surface area contributed by atoms with E-state index in [1.54, 1.807) is 20.8 Å². The highest BCUT2D eigenvalue weighted by Crippen LogP contribution is 2.23. The first-order chi connectivity index (χ1) is 8.61. The summed E-state index contributed by atoms with van der Waals surface area (Å²) in [6, 6.07) is 2.57. The standard InChI is InChI=1S/C12H19N3O3S/c1-7-4-10(19(14,17)18)6-11(9(7)3)15-12(16)5-8(2)13/h4,6,8H,5,13H2,1-3H3,(H,15,16)(H2,14,17,18). The molecule has 1 atom stereocenters. The summed E-state index contributed by atoms with van der Waals surface area (Å²) < 4.78 is 22.7.